The molecule has 0 aromatic heterocycles. The summed E-state index contributed by atoms with van der Waals surface area (Å²) in [4.78, 5) is 13.4. The number of anilines is 1. The second kappa shape index (κ2) is 11.4. The van der Waals surface area contributed by atoms with Crippen LogP contribution >= 0.6 is 0 Å². The predicted molar refractivity (Wildman–Crippen MR) is 137 cm³/mol. The maximum Gasteiger partial charge on any atom is 0.416 e. The molecule has 1 aliphatic carbocycles. The number of carbonyl (C=O) groups is 1. The zero-order valence-electron chi connectivity index (χ0n) is 21.5. The maximum atomic E-state index is 14.4. The van der Waals surface area contributed by atoms with Gasteiger partial charge in [-0.3, -0.25) is 4.79 Å². The molecule has 1 heterocycles. The van der Waals surface area contributed by atoms with Gasteiger partial charge in [0, 0.05) is 24.8 Å². The highest BCUT2D eigenvalue weighted by Crippen LogP contribution is 2.48. The summed E-state index contributed by atoms with van der Waals surface area (Å²) in [6.45, 7) is 3.38. The molecule has 1 amide bonds. The number of rotatable bonds is 8. The first-order valence-corrected chi connectivity index (χ1v) is 12.8. The van der Waals surface area contributed by atoms with Crippen LogP contribution in [0.2, 0.25) is 0 Å². The maximum absolute atomic E-state index is 14.4. The summed E-state index contributed by atoms with van der Waals surface area (Å²) in [5.41, 5.74) is -0.762. The van der Waals surface area contributed by atoms with Gasteiger partial charge in [-0.05, 0) is 79.3 Å². The van der Waals surface area contributed by atoms with Gasteiger partial charge in [-0.1, -0.05) is 0 Å². The predicted octanol–water partition coefficient (Wildman–Crippen LogP) is 6.58. The average Bonchev–Trinajstić information content (AvgIpc) is 3.76. The van der Waals surface area contributed by atoms with Crippen molar-refractivity contribution in [2.24, 2.45) is 0 Å². The van der Waals surface area contributed by atoms with Crippen molar-refractivity contribution < 1.29 is 41.0 Å². The monoisotopic (exact) mass is 562 g/mol. The number of ether oxygens (including phenoxy) is 3. The standard InChI is InChI=1S/C29H27F5N2O4/c1-16-10-18(30)4-7-25(16)40-26-13-21(17-2-3-17)23(29(32,33)34)12-22(26)28(37)36-19-5-6-24(31)27(11-19)39-15-20-14-35-8-9-38-20/h4-7,10-13,17,20,35H,2-3,8-9,14-15H2,1H3,(H,36,37). The molecule has 0 bridgehead atoms. The normalized spacial score (nSPS) is 17.4. The van der Waals surface area contributed by atoms with E-state index in [9.17, 15) is 26.7 Å². The minimum Gasteiger partial charge on any atom is -0.488 e. The van der Waals surface area contributed by atoms with E-state index in [-0.39, 0.29) is 52.7 Å². The quantitative estimate of drug-likeness (QED) is 0.304. The summed E-state index contributed by atoms with van der Waals surface area (Å²) in [6, 6.07) is 9.32. The lowest BCUT2D eigenvalue weighted by atomic mass is 9.98. The Morgan fingerprint density at radius 2 is 1.85 bits per heavy atom. The van der Waals surface area contributed by atoms with Crippen molar-refractivity contribution in [2.75, 3.05) is 31.6 Å². The fraction of sp³-hybridized carbons (Fsp3) is 0.345. The van der Waals surface area contributed by atoms with E-state index in [4.69, 9.17) is 14.2 Å². The fourth-order valence-electron chi connectivity index (χ4n) is 4.48. The van der Waals surface area contributed by atoms with Crippen LogP contribution in [0, 0.1) is 18.6 Å². The van der Waals surface area contributed by atoms with Crippen LogP contribution < -0.4 is 20.1 Å². The van der Waals surface area contributed by atoms with Gasteiger partial charge in [-0.15, -0.1) is 0 Å². The summed E-state index contributed by atoms with van der Waals surface area (Å²) < 4.78 is 87.1. The van der Waals surface area contributed by atoms with Crippen molar-refractivity contribution in [1.82, 2.24) is 5.32 Å². The van der Waals surface area contributed by atoms with E-state index in [1.54, 1.807) is 6.92 Å². The molecule has 1 saturated heterocycles. The van der Waals surface area contributed by atoms with Gasteiger partial charge in [0.05, 0.1) is 17.7 Å². The highest BCUT2D eigenvalue weighted by molar-refractivity contribution is 6.06. The number of morpholine rings is 1. The highest BCUT2D eigenvalue weighted by atomic mass is 19.4. The third kappa shape index (κ3) is 6.53. The van der Waals surface area contributed by atoms with Crippen molar-refractivity contribution in [2.45, 2.75) is 38.0 Å². The SMILES string of the molecule is Cc1cc(F)ccc1Oc1cc(C2CC2)c(C(F)(F)F)cc1C(=O)Nc1ccc(F)c(OCC2CNCCO2)c1. The number of nitrogens with one attached hydrogen (secondary N) is 2. The molecule has 1 atom stereocenters. The minimum absolute atomic E-state index is 0.0377. The molecule has 11 heteroatoms. The topological polar surface area (TPSA) is 68.8 Å². The van der Waals surface area contributed by atoms with E-state index >= 15 is 0 Å². The van der Waals surface area contributed by atoms with Gasteiger partial charge in [-0.2, -0.15) is 13.2 Å². The fourth-order valence-corrected chi connectivity index (χ4v) is 4.48. The van der Waals surface area contributed by atoms with Gasteiger partial charge >= 0.3 is 6.18 Å². The summed E-state index contributed by atoms with van der Waals surface area (Å²) in [5, 5.41) is 5.65. The largest absolute Gasteiger partial charge is 0.488 e. The highest BCUT2D eigenvalue weighted by Gasteiger charge is 2.40. The molecule has 1 aliphatic heterocycles. The van der Waals surface area contributed by atoms with E-state index < -0.39 is 29.3 Å². The van der Waals surface area contributed by atoms with Crippen LogP contribution in [0.25, 0.3) is 0 Å². The number of alkyl halides is 3. The van der Waals surface area contributed by atoms with E-state index in [1.807, 2.05) is 0 Å². The number of benzene rings is 3. The molecule has 2 aliphatic rings. The Labute approximate surface area is 227 Å². The van der Waals surface area contributed by atoms with Crippen molar-refractivity contribution in [1.29, 1.82) is 0 Å². The third-order valence-corrected chi connectivity index (χ3v) is 6.69. The smallest absolute Gasteiger partial charge is 0.416 e. The summed E-state index contributed by atoms with van der Waals surface area (Å²) >= 11 is 0. The number of halogens is 5. The van der Waals surface area contributed by atoms with Crippen molar-refractivity contribution >= 4 is 11.6 Å². The number of hydrogen-bond acceptors (Lipinski definition) is 5. The van der Waals surface area contributed by atoms with Gasteiger partial charge < -0.3 is 24.8 Å². The molecule has 2 fully saturated rings. The second-order valence-electron chi connectivity index (χ2n) is 9.83. The number of amides is 1. The van der Waals surface area contributed by atoms with Gasteiger partial charge in [0.25, 0.3) is 5.91 Å². The zero-order chi connectivity index (χ0) is 28.4. The molecule has 0 spiro atoms. The average molecular weight is 563 g/mol. The van der Waals surface area contributed by atoms with Crippen LogP contribution in [0.4, 0.5) is 27.6 Å². The molecule has 6 nitrogen and oxygen atoms in total. The Morgan fingerprint density at radius 1 is 1.05 bits per heavy atom. The first-order valence-electron chi connectivity index (χ1n) is 12.8. The molecule has 3 aromatic carbocycles. The summed E-state index contributed by atoms with van der Waals surface area (Å²) in [5.74, 6) is -2.45. The molecule has 1 saturated carbocycles. The first-order chi connectivity index (χ1) is 19.1. The minimum atomic E-state index is -4.70. The molecular formula is C29H27F5N2O4. The molecule has 3 aromatic rings. The molecule has 0 radical (unpaired) electrons. The third-order valence-electron chi connectivity index (χ3n) is 6.69. The lowest BCUT2D eigenvalue weighted by Crippen LogP contribution is -2.41. The molecule has 2 N–H and O–H groups in total. The lowest BCUT2D eigenvalue weighted by Gasteiger charge is -2.23. The first kappa shape index (κ1) is 27.9. The number of carbonyl (C=O) groups excluding carboxylic acids is 1. The Balaban J connectivity index is 1.45. The van der Waals surface area contributed by atoms with Crippen LogP contribution in [0.15, 0.2) is 48.5 Å². The van der Waals surface area contributed by atoms with Crippen LogP contribution in [-0.2, 0) is 10.9 Å². The van der Waals surface area contributed by atoms with Crippen LogP contribution in [0.5, 0.6) is 17.2 Å². The lowest BCUT2D eigenvalue weighted by molar-refractivity contribution is -0.138. The van der Waals surface area contributed by atoms with E-state index in [1.165, 1.54) is 30.3 Å². The van der Waals surface area contributed by atoms with Crippen LogP contribution in [0.1, 0.15) is 45.8 Å². The summed E-state index contributed by atoms with van der Waals surface area (Å²) in [7, 11) is 0. The van der Waals surface area contributed by atoms with Gasteiger partial charge in [0.1, 0.15) is 30.0 Å². The van der Waals surface area contributed by atoms with E-state index in [0.29, 0.717) is 38.1 Å². The van der Waals surface area contributed by atoms with E-state index in [2.05, 4.69) is 10.6 Å². The number of aryl methyl sites for hydroxylation is 1. The molecular weight excluding hydrogens is 535 g/mol. The second-order valence-corrected chi connectivity index (χ2v) is 9.83. The van der Waals surface area contributed by atoms with Crippen molar-refractivity contribution in [3.63, 3.8) is 0 Å². The Morgan fingerprint density at radius 3 is 2.52 bits per heavy atom. The molecule has 212 valence electrons. The molecule has 40 heavy (non-hydrogen) atoms. The van der Waals surface area contributed by atoms with Crippen LogP contribution in [-0.4, -0.2) is 38.3 Å². The van der Waals surface area contributed by atoms with Crippen LogP contribution in [0.3, 0.4) is 0 Å². The Hall–Kier alpha value is -3.70. The molecule has 5 rings (SSSR count). The zero-order valence-corrected chi connectivity index (χ0v) is 21.5. The van der Waals surface area contributed by atoms with E-state index in [0.717, 1.165) is 18.2 Å². The molecule has 1 unspecified atom stereocenters. The van der Waals surface area contributed by atoms with Gasteiger partial charge in [0.2, 0.25) is 0 Å². The Bertz CT molecular complexity index is 1400. The van der Waals surface area contributed by atoms with Crippen molar-refractivity contribution in [3.05, 3.63) is 82.4 Å². The Kier molecular flexibility index (Phi) is 7.95. The van der Waals surface area contributed by atoms with Gasteiger partial charge in [-0.25, -0.2) is 8.78 Å². The van der Waals surface area contributed by atoms with Gasteiger partial charge in [0.15, 0.2) is 11.6 Å². The van der Waals surface area contributed by atoms with Crippen molar-refractivity contribution in [3.8, 4) is 17.2 Å². The number of hydrogen-bond donors (Lipinski definition) is 2. The summed E-state index contributed by atoms with van der Waals surface area (Å²) in [6.07, 6.45) is -3.82.